The Balaban J connectivity index is 1.44. The summed E-state index contributed by atoms with van der Waals surface area (Å²) in [6.45, 7) is 5.31. The van der Waals surface area contributed by atoms with Gasteiger partial charge in [-0.2, -0.15) is 0 Å². The molecule has 8 N–H and O–H groups in total. The monoisotopic (exact) mass is 708 g/mol. The summed E-state index contributed by atoms with van der Waals surface area (Å²) in [6, 6.07) is 12.3. The number of Topliss-reactive ketones (excluding diaryl/α,β-unsaturated/α-hetero) is 2. The predicted octanol–water partition coefficient (Wildman–Crippen LogP) is 6.25. The van der Waals surface area contributed by atoms with Crippen molar-refractivity contribution in [1.29, 1.82) is 0 Å². The van der Waals surface area contributed by atoms with Gasteiger partial charge in [0, 0.05) is 54.0 Å². The summed E-state index contributed by atoms with van der Waals surface area (Å²) in [5.74, 6) is -10.6. The third-order valence-corrected chi connectivity index (χ3v) is 10.2. The van der Waals surface area contributed by atoms with Gasteiger partial charge in [0.15, 0.2) is 5.78 Å². The van der Waals surface area contributed by atoms with E-state index in [9.17, 15) is 50.4 Å². The molecule has 268 valence electrons. The molecule has 12 nitrogen and oxygen atoms in total. The van der Waals surface area contributed by atoms with Crippen molar-refractivity contribution in [3.63, 3.8) is 0 Å². The lowest BCUT2D eigenvalue weighted by molar-refractivity contribution is -0.221. The van der Waals surface area contributed by atoms with Gasteiger partial charge in [0.2, 0.25) is 11.4 Å². The number of aromatic hydroxyl groups is 7. The van der Waals surface area contributed by atoms with Gasteiger partial charge in [-0.25, -0.2) is 0 Å². The molecule has 0 fully saturated rings. The fourth-order valence-corrected chi connectivity index (χ4v) is 7.81. The molecule has 12 heteroatoms. The minimum atomic E-state index is -2.45. The van der Waals surface area contributed by atoms with Gasteiger partial charge in [-0.05, 0) is 63.1 Å². The Labute approximate surface area is 297 Å². The van der Waals surface area contributed by atoms with Crippen molar-refractivity contribution >= 4 is 11.6 Å². The molecule has 0 saturated carbocycles. The quantitative estimate of drug-likeness (QED) is 0.0824. The summed E-state index contributed by atoms with van der Waals surface area (Å²) in [5, 5.41) is 87.9. The van der Waals surface area contributed by atoms with Crippen LogP contribution in [0.5, 0.6) is 51.7 Å². The fourth-order valence-electron chi connectivity index (χ4n) is 7.81. The van der Waals surface area contributed by atoms with Crippen LogP contribution in [0.4, 0.5) is 0 Å². The standard InChI is InChI=1S/C40H36O12/c1-18(2)10-11-39-38(49)35-32(52-40(39,50)27-9-6-22(43)16-31(27)51-39)17-30(46)34(37(35)48)26-13-19(3)12-25(23-7-4-20(41)14-28(23)44)33(26)36(47)24-8-5-21(42)15-29(24)45/h4-10,13-17,25-26,33,41-46,48,50H,11-12H2,1-3H3/t25-,26-,33-,39?,40?/m0/s1. The van der Waals surface area contributed by atoms with Crippen molar-refractivity contribution < 1.29 is 59.9 Å². The van der Waals surface area contributed by atoms with E-state index in [0.29, 0.717) is 5.57 Å². The van der Waals surface area contributed by atoms with Gasteiger partial charge in [-0.3, -0.25) is 9.59 Å². The molecule has 0 amide bonds. The molecule has 0 radical (unpaired) electrons. The minimum Gasteiger partial charge on any atom is -0.508 e. The van der Waals surface area contributed by atoms with Crippen LogP contribution in [0.3, 0.4) is 0 Å². The third kappa shape index (κ3) is 5.09. The Bertz CT molecular complexity index is 2250. The van der Waals surface area contributed by atoms with Crippen LogP contribution < -0.4 is 9.47 Å². The number of phenols is 7. The maximum atomic E-state index is 14.8. The second-order valence-corrected chi connectivity index (χ2v) is 13.9. The Morgan fingerprint density at radius 1 is 0.827 bits per heavy atom. The second kappa shape index (κ2) is 12.0. The topological polar surface area (TPSA) is 214 Å². The highest BCUT2D eigenvalue weighted by Crippen LogP contribution is 2.60. The van der Waals surface area contributed by atoms with E-state index < -0.39 is 63.5 Å². The Morgan fingerprint density at radius 3 is 2.15 bits per heavy atom. The van der Waals surface area contributed by atoms with E-state index >= 15 is 0 Å². The molecule has 3 aliphatic rings. The van der Waals surface area contributed by atoms with Gasteiger partial charge in [0.25, 0.3) is 5.79 Å². The van der Waals surface area contributed by atoms with Crippen molar-refractivity contribution in [3.8, 4) is 51.7 Å². The van der Waals surface area contributed by atoms with Gasteiger partial charge in [0.05, 0.1) is 11.1 Å². The lowest BCUT2D eigenvalue weighted by atomic mass is 9.65. The summed E-state index contributed by atoms with van der Waals surface area (Å²) < 4.78 is 12.3. The van der Waals surface area contributed by atoms with Crippen LogP contribution >= 0.6 is 0 Å². The van der Waals surface area contributed by atoms with E-state index in [-0.39, 0.29) is 69.6 Å². The number of allylic oxidation sites excluding steroid dienone is 3. The summed E-state index contributed by atoms with van der Waals surface area (Å²) in [6.07, 6.45) is 3.28. The molecule has 4 aromatic rings. The van der Waals surface area contributed by atoms with Crippen molar-refractivity contribution in [2.24, 2.45) is 5.92 Å². The summed E-state index contributed by atoms with van der Waals surface area (Å²) in [7, 11) is 0. The van der Waals surface area contributed by atoms with Crippen LogP contribution in [0.2, 0.25) is 0 Å². The first-order valence-electron chi connectivity index (χ1n) is 16.5. The van der Waals surface area contributed by atoms with Gasteiger partial charge < -0.3 is 50.3 Å². The Hall–Kier alpha value is -6.14. The molecule has 2 unspecified atom stereocenters. The van der Waals surface area contributed by atoms with E-state index in [0.717, 1.165) is 23.8 Å². The van der Waals surface area contributed by atoms with Crippen LogP contribution in [0.1, 0.15) is 82.9 Å². The molecule has 5 atom stereocenters. The predicted molar refractivity (Wildman–Crippen MR) is 185 cm³/mol. The normalized spacial score (nSPS) is 24.4. The van der Waals surface area contributed by atoms with Gasteiger partial charge in [0.1, 0.15) is 57.3 Å². The molecule has 0 bridgehead atoms. The van der Waals surface area contributed by atoms with E-state index in [1.165, 1.54) is 42.5 Å². The minimum absolute atomic E-state index is 0.0310. The highest BCUT2D eigenvalue weighted by atomic mass is 16.7. The number of fused-ring (bicyclic) bond motifs is 4. The molecule has 52 heavy (non-hydrogen) atoms. The van der Waals surface area contributed by atoms with E-state index in [4.69, 9.17) is 9.47 Å². The highest BCUT2D eigenvalue weighted by molar-refractivity contribution is 6.10. The maximum absolute atomic E-state index is 14.8. The lowest BCUT2D eigenvalue weighted by Crippen LogP contribution is -2.62. The molecule has 4 aromatic carbocycles. The number of carbonyl (C=O) groups excluding carboxylic acids is 2. The second-order valence-electron chi connectivity index (χ2n) is 13.9. The van der Waals surface area contributed by atoms with Gasteiger partial charge >= 0.3 is 0 Å². The molecular weight excluding hydrogens is 672 g/mol. The van der Waals surface area contributed by atoms with Crippen molar-refractivity contribution in [2.45, 2.75) is 56.8 Å². The summed E-state index contributed by atoms with van der Waals surface area (Å²) in [5.41, 5.74) is -1.30. The van der Waals surface area contributed by atoms with E-state index in [2.05, 4.69) is 0 Å². The number of hydrogen-bond acceptors (Lipinski definition) is 12. The van der Waals surface area contributed by atoms with Gasteiger partial charge in [-0.15, -0.1) is 0 Å². The highest BCUT2D eigenvalue weighted by Gasteiger charge is 2.70. The van der Waals surface area contributed by atoms with Crippen molar-refractivity contribution in [2.75, 3.05) is 0 Å². The molecule has 2 aliphatic heterocycles. The van der Waals surface area contributed by atoms with Crippen molar-refractivity contribution in [3.05, 3.63) is 112 Å². The van der Waals surface area contributed by atoms with Crippen molar-refractivity contribution in [1.82, 2.24) is 0 Å². The molecule has 2 heterocycles. The molecule has 0 aromatic heterocycles. The number of ketones is 2. The zero-order valence-electron chi connectivity index (χ0n) is 28.3. The van der Waals surface area contributed by atoms with E-state index in [1.54, 1.807) is 32.9 Å². The summed E-state index contributed by atoms with van der Waals surface area (Å²) in [4.78, 5) is 29.4. The molecule has 0 spiro atoms. The number of aliphatic hydroxyl groups is 1. The lowest BCUT2D eigenvalue weighted by Gasteiger charge is -2.43. The first-order valence-corrected chi connectivity index (χ1v) is 16.5. The Morgan fingerprint density at radius 2 is 1.48 bits per heavy atom. The number of rotatable bonds is 6. The van der Waals surface area contributed by atoms with Crippen LogP contribution in [0.15, 0.2) is 84.0 Å². The number of ether oxygens (including phenoxy) is 2. The zero-order valence-corrected chi connectivity index (χ0v) is 28.3. The van der Waals surface area contributed by atoms with Crippen LogP contribution in [-0.2, 0) is 5.79 Å². The van der Waals surface area contributed by atoms with Gasteiger partial charge in [-0.1, -0.05) is 29.4 Å². The largest absolute Gasteiger partial charge is 0.508 e. The summed E-state index contributed by atoms with van der Waals surface area (Å²) >= 11 is 0. The zero-order chi connectivity index (χ0) is 37.4. The molecule has 7 rings (SSSR count). The SMILES string of the molecule is CC(C)=CCC12Oc3cc(O)ccc3C1(O)Oc1cc(O)c([C@H]3C=C(C)C[C@@H](c4ccc(O)cc4O)[C@@H]3C(=O)c3ccc(O)cc3O)c(O)c1C2=O. The molecule has 0 saturated heterocycles. The maximum Gasteiger partial charge on any atom is 0.286 e. The number of benzene rings is 4. The van der Waals surface area contributed by atoms with Crippen LogP contribution in [-0.4, -0.2) is 58.0 Å². The van der Waals surface area contributed by atoms with Crippen LogP contribution in [0.25, 0.3) is 0 Å². The van der Waals surface area contributed by atoms with Crippen LogP contribution in [0, 0.1) is 5.92 Å². The molecular formula is C40H36O12. The number of phenolic OH excluding ortho intramolecular Hbond substituents is 7. The van der Waals surface area contributed by atoms with E-state index in [1.807, 2.05) is 0 Å². The Kier molecular flexibility index (Phi) is 7.91. The smallest absolute Gasteiger partial charge is 0.286 e. The number of hydrogen-bond donors (Lipinski definition) is 8. The molecule has 1 aliphatic carbocycles. The average Bonchev–Trinajstić information content (AvgIpc) is 3.30. The fraction of sp³-hybridized carbons (Fsp3) is 0.250. The number of carbonyl (C=O) groups is 2. The first-order chi connectivity index (χ1) is 24.6. The first kappa shape index (κ1) is 34.3. The average molecular weight is 709 g/mol. The third-order valence-electron chi connectivity index (χ3n) is 10.2.